The van der Waals surface area contributed by atoms with Crippen molar-refractivity contribution in [3.8, 4) is 5.69 Å². The summed E-state index contributed by atoms with van der Waals surface area (Å²) in [5.74, 6) is 0.421. The molecule has 0 saturated carbocycles. The van der Waals surface area contributed by atoms with Crippen LogP contribution in [0.3, 0.4) is 0 Å². The van der Waals surface area contributed by atoms with Crippen molar-refractivity contribution < 1.29 is 4.79 Å². The van der Waals surface area contributed by atoms with E-state index in [0.29, 0.717) is 15.9 Å². The number of nitrogens with zero attached hydrogens (tertiary/aromatic N) is 5. The number of hydrogen-bond acceptors (Lipinski definition) is 5. The van der Waals surface area contributed by atoms with E-state index in [1.54, 1.807) is 6.33 Å². The van der Waals surface area contributed by atoms with Crippen LogP contribution in [0, 0.1) is 0 Å². The van der Waals surface area contributed by atoms with Crippen molar-refractivity contribution >= 4 is 29.3 Å². The monoisotopic (exact) mass is 427 g/mol. The number of amides is 1. The Hall–Kier alpha value is -2.35. The molecule has 1 amide bonds. The molecule has 1 fully saturated rings. The Kier molecular flexibility index (Phi) is 6.18. The highest BCUT2D eigenvalue weighted by Crippen LogP contribution is 2.27. The smallest absolute Gasteiger partial charge is 0.233 e. The van der Waals surface area contributed by atoms with E-state index in [4.69, 9.17) is 11.6 Å². The summed E-state index contributed by atoms with van der Waals surface area (Å²) in [6.07, 6.45) is 1.64. The van der Waals surface area contributed by atoms with E-state index in [1.165, 1.54) is 17.3 Å². The lowest BCUT2D eigenvalue weighted by Gasteiger charge is -2.40. The molecule has 4 rings (SSSR count). The van der Waals surface area contributed by atoms with Crippen molar-refractivity contribution in [2.45, 2.75) is 11.2 Å². The van der Waals surface area contributed by atoms with Crippen molar-refractivity contribution in [3.63, 3.8) is 0 Å². The molecule has 0 bridgehead atoms. The van der Waals surface area contributed by atoms with Crippen LogP contribution in [-0.2, 0) is 4.79 Å². The second-order valence-electron chi connectivity index (χ2n) is 7.03. The Morgan fingerprint density at radius 1 is 1.17 bits per heavy atom. The van der Waals surface area contributed by atoms with Gasteiger partial charge in [0, 0.05) is 24.7 Å². The van der Waals surface area contributed by atoms with Crippen LogP contribution in [-0.4, -0.2) is 62.9 Å². The summed E-state index contributed by atoms with van der Waals surface area (Å²) in [6.45, 7) is 2.42. The van der Waals surface area contributed by atoms with Crippen LogP contribution in [0.5, 0.6) is 0 Å². The van der Waals surface area contributed by atoms with Crippen LogP contribution >= 0.6 is 23.4 Å². The highest BCUT2D eigenvalue weighted by molar-refractivity contribution is 7.99. The number of halogens is 1. The van der Waals surface area contributed by atoms with Gasteiger partial charge in [0.15, 0.2) is 5.16 Å². The first-order valence-corrected chi connectivity index (χ1v) is 10.8. The lowest BCUT2D eigenvalue weighted by Crippen LogP contribution is -2.49. The summed E-state index contributed by atoms with van der Waals surface area (Å²) in [6, 6.07) is 17.8. The average Bonchev–Trinajstić information content (AvgIpc) is 3.21. The molecule has 1 atom stereocenters. The van der Waals surface area contributed by atoms with Crippen molar-refractivity contribution in [3.05, 3.63) is 71.5 Å². The number of aromatic nitrogens is 3. The van der Waals surface area contributed by atoms with Crippen LogP contribution in [0.15, 0.2) is 66.1 Å². The van der Waals surface area contributed by atoms with Gasteiger partial charge in [-0.25, -0.2) is 0 Å². The van der Waals surface area contributed by atoms with Crippen LogP contribution < -0.4 is 0 Å². The normalized spacial score (nSPS) is 17.4. The molecule has 1 aliphatic heterocycles. The fraction of sp³-hybridized carbons (Fsp3) is 0.286. The molecular formula is C21H22ClN5OS. The molecule has 150 valence electrons. The van der Waals surface area contributed by atoms with Gasteiger partial charge in [0.25, 0.3) is 0 Å². The number of piperazine rings is 1. The Labute approximate surface area is 179 Å². The largest absolute Gasteiger partial charge is 0.332 e. The van der Waals surface area contributed by atoms with E-state index in [1.807, 2.05) is 51.9 Å². The molecule has 8 heteroatoms. The second-order valence-corrected chi connectivity index (χ2v) is 8.41. The van der Waals surface area contributed by atoms with Crippen LogP contribution in [0.4, 0.5) is 0 Å². The third-order valence-electron chi connectivity index (χ3n) is 5.02. The Morgan fingerprint density at radius 3 is 2.79 bits per heavy atom. The first kappa shape index (κ1) is 19.9. The zero-order valence-electron chi connectivity index (χ0n) is 16.1. The maximum atomic E-state index is 13.1. The molecule has 1 unspecified atom stereocenters. The summed E-state index contributed by atoms with van der Waals surface area (Å²) < 4.78 is 1.85. The molecular weight excluding hydrogens is 406 g/mol. The zero-order chi connectivity index (χ0) is 20.2. The molecule has 1 aliphatic rings. The van der Waals surface area contributed by atoms with Gasteiger partial charge in [-0.15, -0.1) is 10.2 Å². The van der Waals surface area contributed by atoms with Crippen LogP contribution in [0.2, 0.25) is 5.02 Å². The zero-order valence-corrected chi connectivity index (χ0v) is 17.7. The van der Waals surface area contributed by atoms with Gasteiger partial charge in [0.1, 0.15) is 6.33 Å². The van der Waals surface area contributed by atoms with Gasteiger partial charge >= 0.3 is 0 Å². The highest BCUT2D eigenvalue weighted by Gasteiger charge is 2.30. The fourth-order valence-electron chi connectivity index (χ4n) is 3.51. The predicted molar refractivity (Wildman–Crippen MR) is 115 cm³/mol. The quantitative estimate of drug-likeness (QED) is 0.583. The van der Waals surface area contributed by atoms with E-state index in [0.717, 1.165) is 25.3 Å². The number of thioether (sulfide) groups is 1. The Balaban J connectivity index is 1.48. The predicted octanol–water partition coefficient (Wildman–Crippen LogP) is 3.53. The minimum atomic E-state index is 0.0637. The lowest BCUT2D eigenvalue weighted by molar-refractivity contribution is -0.133. The summed E-state index contributed by atoms with van der Waals surface area (Å²) in [7, 11) is 2.10. The van der Waals surface area contributed by atoms with Crippen molar-refractivity contribution in [1.29, 1.82) is 0 Å². The van der Waals surface area contributed by atoms with E-state index in [-0.39, 0.29) is 11.9 Å². The molecule has 0 N–H and O–H groups in total. The standard InChI is InChI=1S/C21H22ClN5OS/c1-25-10-11-26(19(13-25)16-6-3-2-4-7-16)20(28)14-29-21-24-23-15-27(21)18-9-5-8-17(22)12-18/h2-9,12,15,19H,10-11,13-14H2,1H3. The number of carbonyl (C=O) groups excluding carboxylic acids is 1. The first-order valence-electron chi connectivity index (χ1n) is 9.43. The van der Waals surface area contributed by atoms with Crippen LogP contribution in [0.25, 0.3) is 5.69 Å². The van der Waals surface area contributed by atoms with Gasteiger partial charge in [-0.2, -0.15) is 0 Å². The molecule has 0 radical (unpaired) electrons. The van der Waals surface area contributed by atoms with Gasteiger partial charge in [0.2, 0.25) is 5.91 Å². The number of carbonyl (C=O) groups is 1. The molecule has 2 aromatic carbocycles. The first-order chi connectivity index (χ1) is 14.1. The average molecular weight is 428 g/mol. The number of rotatable bonds is 5. The Morgan fingerprint density at radius 2 is 2.00 bits per heavy atom. The maximum Gasteiger partial charge on any atom is 0.233 e. The number of likely N-dealkylation sites (N-methyl/N-ethyl adjacent to an activating group) is 1. The lowest BCUT2D eigenvalue weighted by atomic mass is 10.0. The Bertz CT molecular complexity index is 980. The molecule has 2 heterocycles. The van der Waals surface area contributed by atoms with Gasteiger partial charge in [-0.05, 0) is 30.8 Å². The van der Waals surface area contributed by atoms with E-state index < -0.39 is 0 Å². The third kappa shape index (κ3) is 4.63. The molecule has 1 aromatic heterocycles. The van der Waals surface area contributed by atoms with Gasteiger partial charge < -0.3 is 9.80 Å². The van der Waals surface area contributed by atoms with Crippen molar-refractivity contribution in [2.24, 2.45) is 0 Å². The van der Waals surface area contributed by atoms with Crippen molar-refractivity contribution in [1.82, 2.24) is 24.6 Å². The molecule has 0 spiro atoms. The van der Waals surface area contributed by atoms with E-state index >= 15 is 0 Å². The minimum Gasteiger partial charge on any atom is -0.332 e. The minimum absolute atomic E-state index is 0.0637. The summed E-state index contributed by atoms with van der Waals surface area (Å²) in [5.41, 5.74) is 2.04. The molecule has 0 aliphatic carbocycles. The molecule has 3 aromatic rings. The van der Waals surface area contributed by atoms with Gasteiger partial charge in [-0.3, -0.25) is 9.36 Å². The van der Waals surface area contributed by atoms with E-state index in [2.05, 4.69) is 34.3 Å². The highest BCUT2D eigenvalue weighted by atomic mass is 35.5. The third-order valence-corrected chi connectivity index (χ3v) is 6.18. The van der Waals surface area contributed by atoms with Gasteiger partial charge in [0.05, 0.1) is 17.5 Å². The molecule has 29 heavy (non-hydrogen) atoms. The fourth-order valence-corrected chi connectivity index (χ4v) is 4.51. The van der Waals surface area contributed by atoms with E-state index in [9.17, 15) is 4.79 Å². The second kappa shape index (κ2) is 8.98. The number of benzene rings is 2. The summed E-state index contributed by atoms with van der Waals surface area (Å²) in [4.78, 5) is 17.4. The molecule has 6 nitrogen and oxygen atoms in total. The topological polar surface area (TPSA) is 54.3 Å². The maximum absolute atomic E-state index is 13.1. The SMILES string of the molecule is CN1CCN(C(=O)CSc2nncn2-c2cccc(Cl)c2)C(c2ccccc2)C1. The van der Waals surface area contributed by atoms with Gasteiger partial charge in [-0.1, -0.05) is 59.8 Å². The van der Waals surface area contributed by atoms with Crippen molar-refractivity contribution in [2.75, 3.05) is 32.4 Å². The number of hydrogen-bond donors (Lipinski definition) is 0. The molecule has 1 saturated heterocycles. The van der Waals surface area contributed by atoms with Crippen LogP contribution in [0.1, 0.15) is 11.6 Å². The summed E-state index contributed by atoms with van der Waals surface area (Å²) >= 11 is 7.50. The summed E-state index contributed by atoms with van der Waals surface area (Å²) in [5, 5.41) is 9.51.